The van der Waals surface area contributed by atoms with E-state index in [1.807, 2.05) is 30.5 Å². The highest BCUT2D eigenvalue weighted by Crippen LogP contribution is 2.21. The van der Waals surface area contributed by atoms with E-state index in [0.29, 0.717) is 13.0 Å². The number of benzene rings is 1. The van der Waals surface area contributed by atoms with Crippen LogP contribution in [0.15, 0.2) is 41.1 Å². The third kappa shape index (κ3) is 3.65. The monoisotopic (exact) mass is 323 g/mol. The van der Waals surface area contributed by atoms with E-state index < -0.39 is 0 Å². The predicted octanol–water partition coefficient (Wildman–Crippen LogP) is 2.61. The van der Waals surface area contributed by atoms with Crippen molar-refractivity contribution in [3.8, 4) is 5.69 Å². The molecule has 0 fully saturated rings. The van der Waals surface area contributed by atoms with Crippen LogP contribution in [-0.4, -0.2) is 29.4 Å². The molecule has 1 amide bonds. The van der Waals surface area contributed by atoms with E-state index >= 15 is 0 Å². The first kappa shape index (κ1) is 13.8. The lowest BCUT2D eigenvalue weighted by Crippen LogP contribution is -2.15. The van der Waals surface area contributed by atoms with E-state index in [0.717, 1.165) is 15.8 Å². The highest BCUT2D eigenvalue weighted by atomic mass is 79.9. The van der Waals surface area contributed by atoms with Crippen LogP contribution in [0.3, 0.4) is 0 Å². The fourth-order valence-electron chi connectivity index (χ4n) is 1.62. The van der Waals surface area contributed by atoms with Gasteiger partial charge in [0, 0.05) is 13.3 Å². The van der Waals surface area contributed by atoms with Crippen LogP contribution in [0.4, 0.5) is 5.69 Å². The highest BCUT2D eigenvalue weighted by molar-refractivity contribution is 9.10. The van der Waals surface area contributed by atoms with Crippen molar-refractivity contribution in [3.63, 3.8) is 0 Å². The minimum atomic E-state index is -0.0829. The van der Waals surface area contributed by atoms with Crippen molar-refractivity contribution >= 4 is 27.5 Å². The molecule has 0 bridgehead atoms. The molecule has 1 aromatic carbocycles. The van der Waals surface area contributed by atoms with Gasteiger partial charge in [-0.2, -0.15) is 5.10 Å². The van der Waals surface area contributed by atoms with Gasteiger partial charge in [0.1, 0.15) is 0 Å². The van der Waals surface area contributed by atoms with Gasteiger partial charge in [-0.15, -0.1) is 0 Å². The van der Waals surface area contributed by atoms with Crippen LogP contribution in [0.2, 0.25) is 0 Å². The Kier molecular flexibility index (Phi) is 4.70. The number of para-hydroxylation sites is 2. The van der Waals surface area contributed by atoms with Gasteiger partial charge in [-0.25, -0.2) is 4.68 Å². The van der Waals surface area contributed by atoms with Gasteiger partial charge in [-0.3, -0.25) is 4.79 Å². The van der Waals surface area contributed by atoms with Crippen molar-refractivity contribution in [1.29, 1.82) is 0 Å². The van der Waals surface area contributed by atoms with Crippen molar-refractivity contribution in [2.24, 2.45) is 0 Å². The van der Waals surface area contributed by atoms with Crippen LogP contribution in [-0.2, 0) is 9.53 Å². The molecule has 0 aliphatic heterocycles. The van der Waals surface area contributed by atoms with Crippen LogP contribution in [0.5, 0.6) is 0 Å². The van der Waals surface area contributed by atoms with Gasteiger partial charge < -0.3 is 10.1 Å². The maximum Gasteiger partial charge on any atom is 0.226 e. The summed E-state index contributed by atoms with van der Waals surface area (Å²) in [4.78, 5) is 11.7. The molecule has 100 valence electrons. The number of hydrogen-bond donors (Lipinski definition) is 1. The zero-order valence-electron chi connectivity index (χ0n) is 10.5. The van der Waals surface area contributed by atoms with Crippen molar-refractivity contribution < 1.29 is 9.53 Å². The normalized spacial score (nSPS) is 10.4. The molecule has 0 radical (unpaired) electrons. The number of methoxy groups -OCH3 is 1. The predicted molar refractivity (Wildman–Crippen MR) is 76.4 cm³/mol. The van der Waals surface area contributed by atoms with E-state index in [1.54, 1.807) is 18.0 Å². The van der Waals surface area contributed by atoms with E-state index in [2.05, 4.69) is 26.3 Å². The summed E-state index contributed by atoms with van der Waals surface area (Å²) in [5, 5.41) is 7.07. The summed E-state index contributed by atoms with van der Waals surface area (Å²) in [7, 11) is 1.57. The number of rotatable bonds is 5. The number of hydrogen-bond acceptors (Lipinski definition) is 3. The average Bonchev–Trinajstić information content (AvgIpc) is 2.83. The van der Waals surface area contributed by atoms with Gasteiger partial charge in [0.2, 0.25) is 5.91 Å². The number of halogens is 1. The first-order valence-corrected chi connectivity index (χ1v) is 6.58. The van der Waals surface area contributed by atoms with Crippen LogP contribution in [0.25, 0.3) is 5.69 Å². The lowest BCUT2D eigenvalue weighted by Gasteiger charge is -2.10. The molecule has 0 spiro atoms. The van der Waals surface area contributed by atoms with Gasteiger partial charge in [-0.05, 0) is 28.1 Å². The molecular formula is C13H14BrN3O2. The molecule has 0 atom stereocenters. The Balaban J connectivity index is 2.19. The summed E-state index contributed by atoms with van der Waals surface area (Å²) in [6.45, 7) is 0.404. The molecule has 0 saturated carbocycles. The van der Waals surface area contributed by atoms with E-state index in [4.69, 9.17) is 4.74 Å². The Bertz CT molecular complexity index is 569. The zero-order chi connectivity index (χ0) is 13.7. The third-order valence-electron chi connectivity index (χ3n) is 2.51. The molecular weight excluding hydrogens is 310 g/mol. The molecule has 0 aliphatic carbocycles. The standard InChI is InChI=1S/C13H14BrN3O2/c1-19-7-6-13(18)16-11-4-2-3-5-12(11)17-9-10(14)8-15-17/h2-5,8-9H,6-7H2,1H3,(H,16,18). The number of nitrogens with zero attached hydrogens (tertiary/aromatic N) is 2. The number of aromatic nitrogens is 2. The molecule has 0 unspecified atom stereocenters. The van der Waals surface area contributed by atoms with Gasteiger partial charge in [0.15, 0.2) is 0 Å². The quantitative estimate of drug-likeness (QED) is 0.920. The minimum absolute atomic E-state index is 0.0829. The highest BCUT2D eigenvalue weighted by Gasteiger charge is 2.08. The lowest BCUT2D eigenvalue weighted by atomic mass is 10.2. The molecule has 19 heavy (non-hydrogen) atoms. The first-order chi connectivity index (χ1) is 9.20. The third-order valence-corrected chi connectivity index (χ3v) is 2.92. The Morgan fingerprint density at radius 2 is 2.26 bits per heavy atom. The fraction of sp³-hybridized carbons (Fsp3) is 0.231. The second kappa shape index (κ2) is 6.49. The fourth-order valence-corrected chi connectivity index (χ4v) is 1.90. The molecule has 1 aromatic heterocycles. The maximum atomic E-state index is 11.7. The van der Waals surface area contributed by atoms with Crippen LogP contribution in [0.1, 0.15) is 6.42 Å². The minimum Gasteiger partial charge on any atom is -0.384 e. The molecule has 1 N–H and O–H groups in total. The molecule has 1 heterocycles. The largest absolute Gasteiger partial charge is 0.384 e. The maximum absolute atomic E-state index is 11.7. The lowest BCUT2D eigenvalue weighted by molar-refractivity contribution is -0.117. The summed E-state index contributed by atoms with van der Waals surface area (Å²) >= 11 is 3.35. The summed E-state index contributed by atoms with van der Waals surface area (Å²) < 4.78 is 7.47. The zero-order valence-corrected chi connectivity index (χ0v) is 12.1. The van der Waals surface area contributed by atoms with E-state index in [-0.39, 0.29) is 5.91 Å². The van der Waals surface area contributed by atoms with Crippen molar-refractivity contribution in [1.82, 2.24) is 9.78 Å². The van der Waals surface area contributed by atoms with Crippen molar-refractivity contribution in [2.45, 2.75) is 6.42 Å². The van der Waals surface area contributed by atoms with Crippen molar-refractivity contribution in [2.75, 3.05) is 19.0 Å². The van der Waals surface area contributed by atoms with E-state index in [9.17, 15) is 4.79 Å². The van der Waals surface area contributed by atoms with Gasteiger partial charge in [0.05, 0.1) is 35.1 Å². The van der Waals surface area contributed by atoms with Crippen LogP contribution in [0, 0.1) is 0 Å². The number of amides is 1. The summed E-state index contributed by atoms with van der Waals surface area (Å²) in [6.07, 6.45) is 3.86. The number of carbonyl (C=O) groups excluding carboxylic acids is 1. The summed E-state index contributed by atoms with van der Waals surface area (Å²) in [6, 6.07) is 7.50. The molecule has 0 aliphatic rings. The molecule has 5 nitrogen and oxygen atoms in total. The SMILES string of the molecule is COCCC(=O)Nc1ccccc1-n1cc(Br)cn1. The molecule has 0 saturated heterocycles. The molecule has 2 rings (SSSR count). The van der Waals surface area contributed by atoms with Crippen LogP contribution < -0.4 is 5.32 Å². The number of ether oxygens (including phenoxy) is 1. The summed E-state index contributed by atoms with van der Waals surface area (Å²) in [5.74, 6) is -0.0829. The Morgan fingerprint density at radius 1 is 1.47 bits per heavy atom. The van der Waals surface area contributed by atoms with Gasteiger partial charge >= 0.3 is 0 Å². The number of nitrogens with one attached hydrogen (secondary N) is 1. The smallest absolute Gasteiger partial charge is 0.226 e. The second-order valence-corrected chi connectivity index (χ2v) is 4.83. The first-order valence-electron chi connectivity index (χ1n) is 5.79. The number of anilines is 1. The Hall–Kier alpha value is -1.66. The summed E-state index contributed by atoms with van der Waals surface area (Å²) in [5.41, 5.74) is 1.54. The van der Waals surface area contributed by atoms with Crippen LogP contribution >= 0.6 is 15.9 Å². The molecule has 6 heteroatoms. The average molecular weight is 324 g/mol. The number of carbonyl (C=O) groups is 1. The topological polar surface area (TPSA) is 56.1 Å². The van der Waals surface area contributed by atoms with E-state index in [1.165, 1.54) is 0 Å². The van der Waals surface area contributed by atoms with Crippen molar-refractivity contribution in [3.05, 3.63) is 41.1 Å². The second-order valence-electron chi connectivity index (χ2n) is 3.91. The van der Waals surface area contributed by atoms with Gasteiger partial charge in [0.25, 0.3) is 0 Å². The molecule has 2 aromatic rings. The Morgan fingerprint density at radius 3 is 2.95 bits per heavy atom. The van der Waals surface area contributed by atoms with Gasteiger partial charge in [-0.1, -0.05) is 12.1 Å². The Labute approximate surface area is 119 Å².